The molecule has 6 heteroatoms. The van der Waals surface area contributed by atoms with Gasteiger partial charge in [-0.15, -0.1) is 0 Å². The molecule has 4 rings (SSSR count). The fourth-order valence-corrected chi connectivity index (χ4v) is 4.50. The standard InChI is InChI=1S/C25H29NO5/c1-15-12-19(27)18(14-26-11-6-5-8-16(26)2)25-22(15)23(28)21(31-25)13-17-9-7-10-20(29-3)24(17)30-4/h7,9-10,12-13,16,27H,5-6,8,11,14H2,1-4H3/b21-13-. The summed E-state index contributed by atoms with van der Waals surface area (Å²) in [6, 6.07) is 7.57. The zero-order valence-electron chi connectivity index (χ0n) is 18.5. The van der Waals surface area contributed by atoms with E-state index in [0.29, 0.717) is 52.1 Å². The maximum atomic E-state index is 13.2. The van der Waals surface area contributed by atoms with Crippen LogP contribution in [0.5, 0.6) is 23.0 Å². The number of carbonyl (C=O) groups is 1. The number of ketones is 1. The normalized spacial score (nSPS) is 19.9. The molecule has 2 heterocycles. The zero-order chi connectivity index (χ0) is 22.1. The second kappa shape index (κ2) is 8.63. The number of para-hydroxylation sites is 1. The summed E-state index contributed by atoms with van der Waals surface area (Å²) < 4.78 is 16.9. The molecule has 31 heavy (non-hydrogen) atoms. The summed E-state index contributed by atoms with van der Waals surface area (Å²) in [6.07, 6.45) is 5.17. The summed E-state index contributed by atoms with van der Waals surface area (Å²) in [4.78, 5) is 15.6. The number of methoxy groups -OCH3 is 2. The molecule has 2 aliphatic rings. The van der Waals surface area contributed by atoms with Crippen LogP contribution < -0.4 is 14.2 Å². The molecule has 1 fully saturated rings. The van der Waals surface area contributed by atoms with Crippen LogP contribution in [0.15, 0.2) is 30.0 Å². The molecule has 6 nitrogen and oxygen atoms in total. The summed E-state index contributed by atoms with van der Waals surface area (Å²) in [5, 5.41) is 10.7. The Morgan fingerprint density at radius 1 is 1.26 bits per heavy atom. The molecule has 0 radical (unpaired) electrons. The minimum Gasteiger partial charge on any atom is -0.507 e. The smallest absolute Gasteiger partial charge is 0.232 e. The molecule has 1 N–H and O–H groups in total. The second-order valence-corrected chi connectivity index (χ2v) is 8.23. The summed E-state index contributed by atoms with van der Waals surface area (Å²) in [5.74, 6) is 1.77. The number of piperidine rings is 1. The van der Waals surface area contributed by atoms with E-state index < -0.39 is 0 Å². The Kier molecular flexibility index (Phi) is 5.92. The lowest BCUT2D eigenvalue weighted by Gasteiger charge is -2.33. The molecular formula is C25H29NO5. The van der Waals surface area contributed by atoms with Gasteiger partial charge >= 0.3 is 0 Å². The molecule has 2 aromatic rings. The first-order valence-electron chi connectivity index (χ1n) is 10.7. The molecule has 0 spiro atoms. The molecule has 1 unspecified atom stereocenters. The van der Waals surface area contributed by atoms with Gasteiger partial charge in [0.2, 0.25) is 5.78 Å². The Balaban J connectivity index is 1.73. The van der Waals surface area contributed by atoms with Crippen LogP contribution in [0, 0.1) is 6.92 Å². The number of carbonyl (C=O) groups excluding carboxylic acids is 1. The number of hydrogen-bond donors (Lipinski definition) is 1. The summed E-state index contributed by atoms with van der Waals surface area (Å²) in [7, 11) is 3.13. The number of phenols is 1. The van der Waals surface area contributed by atoms with Crippen LogP contribution in [0.3, 0.4) is 0 Å². The van der Waals surface area contributed by atoms with Crippen molar-refractivity contribution in [2.75, 3.05) is 20.8 Å². The molecule has 0 amide bonds. The van der Waals surface area contributed by atoms with Crippen molar-refractivity contribution in [3.8, 4) is 23.0 Å². The largest absolute Gasteiger partial charge is 0.507 e. The quantitative estimate of drug-likeness (QED) is 0.703. The second-order valence-electron chi connectivity index (χ2n) is 8.23. The van der Waals surface area contributed by atoms with Crippen molar-refractivity contribution >= 4 is 11.9 Å². The van der Waals surface area contributed by atoms with E-state index in [0.717, 1.165) is 19.4 Å². The van der Waals surface area contributed by atoms with Crippen LogP contribution in [-0.4, -0.2) is 42.6 Å². The molecule has 164 valence electrons. The predicted octanol–water partition coefficient (Wildman–Crippen LogP) is 4.71. The number of hydrogen-bond acceptors (Lipinski definition) is 6. The number of aryl methyl sites for hydroxylation is 1. The molecule has 1 saturated heterocycles. The number of nitrogens with zero attached hydrogens (tertiary/aromatic N) is 1. The van der Waals surface area contributed by atoms with Gasteiger partial charge in [-0.05, 0) is 57.0 Å². The first-order chi connectivity index (χ1) is 14.9. The van der Waals surface area contributed by atoms with Gasteiger partial charge in [0.15, 0.2) is 17.3 Å². The Hall–Kier alpha value is -2.99. The van der Waals surface area contributed by atoms with Gasteiger partial charge in [0.05, 0.1) is 25.3 Å². The predicted molar refractivity (Wildman–Crippen MR) is 119 cm³/mol. The van der Waals surface area contributed by atoms with Gasteiger partial charge in [0.25, 0.3) is 0 Å². The Labute approximate surface area is 183 Å². The van der Waals surface area contributed by atoms with Gasteiger partial charge in [-0.25, -0.2) is 0 Å². The summed E-state index contributed by atoms with van der Waals surface area (Å²) in [6.45, 7) is 5.55. The number of Topliss-reactive ketones (excluding diaryl/α,β-unsaturated/α-hetero) is 1. The average molecular weight is 424 g/mol. The number of ether oxygens (including phenoxy) is 3. The van der Waals surface area contributed by atoms with Crippen molar-refractivity contribution in [1.82, 2.24) is 4.90 Å². The van der Waals surface area contributed by atoms with Crippen molar-refractivity contribution in [3.05, 3.63) is 52.3 Å². The van der Waals surface area contributed by atoms with Crippen LogP contribution in [-0.2, 0) is 6.54 Å². The van der Waals surface area contributed by atoms with Gasteiger partial charge < -0.3 is 19.3 Å². The highest BCUT2D eigenvalue weighted by Crippen LogP contribution is 2.43. The third-order valence-electron chi connectivity index (χ3n) is 6.24. The van der Waals surface area contributed by atoms with Crippen LogP contribution in [0.1, 0.15) is 53.2 Å². The van der Waals surface area contributed by atoms with Crippen molar-refractivity contribution in [2.45, 2.75) is 45.7 Å². The lowest BCUT2D eigenvalue weighted by Crippen LogP contribution is -2.36. The third kappa shape index (κ3) is 3.88. The maximum Gasteiger partial charge on any atom is 0.232 e. The SMILES string of the molecule is COc1cccc(/C=C2\Oc3c(CN4CCCCC4C)c(O)cc(C)c3C2=O)c1OC. The van der Waals surface area contributed by atoms with Crippen LogP contribution in [0.25, 0.3) is 6.08 Å². The van der Waals surface area contributed by atoms with E-state index in [1.165, 1.54) is 6.42 Å². The molecule has 0 bridgehead atoms. The Morgan fingerprint density at radius 2 is 2.06 bits per heavy atom. The zero-order valence-corrected chi connectivity index (χ0v) is 18.5. The summed E-state index contributed by atoms with van der Waals surface area (Å²) in [5.41, 5.74) is 2.58. The summed E-state index contributed by atoms with van der Waals surface area (Å²) >= 11 is 0. The highest BCUT2D eigenvalue weighted by atomic mass is 16.5. The minimum atomic E-state index is -0.190. The third-order valence-corrected chi connectivity index (χ3v) is 6.24. The molecule has 0 aromatic heterocycles. The van der Waals surface area contributed by atoms with E-state index in [4.69, 9.17) is 14.2 Å². The van der Waals surface area contributed by atoms with Crippen molar-refractivity contribution in [2.24, 2.45) is 0 Å². The van der Waals surface area contributed by atoms with Crippen LogP contribution >= 0.6 is 0 Å². The van der Waals surface area contributed by atoms with Crippen molar-refractivity contribution < 1.29 is 24.1 Å². The fraction of sp³-hybridized carbons (Fsp3) is 0.400. The topological polar surface area (TPSA) is 68.2 Å². The monoisotopic (exact) mass is 423 g/mol. The van der Waals surface area contributed by atoms with Gasteiger partial charge in [-0.1, -0.05) is 18.6 Å². The lowest BCUT2D eigenvalue weighted by atomic mass is 9.97. The number of fused-ring (bicyclic) bond motifs is 1. The highest BCUT2D eigenvalue weighted by Gasteiger charge is 2.34. The fourth-order valence-electron chi connectivity index (χ4n) is 4.50. The van der Waals surface area contributed by atoms with Gasteiger partial charge in [-0.2, -0.15) is 0 Å². The van der Waals surface area contributed by atoms with E-state index in [-0.39, 0.29) is 17.3 Å². The number of rotatable bonds is 5. The minimum absolute atomic E-state index is 0.169. The molecule has 2 aliphatic heterocycles. The average Bonchev–Trinajstić information content (AvgIpc) is 3.08. The molecule has 0 saturated carbocycles. The first-order valence-corrected chi connectivity index (χ1v) is 10.7. The lowest BCUT2D eigenvalue weighted by molar-refractivity contribution is 0.101. The number of aromatic hydroxyl groups is 1. The number of allylic oxidation sites excluding steroid dienone is 1. The van der Waals surface area contributed by atoms with Gasteiger partial charge in [0, 0.05) is 18.2 Å². The maximum absolute atomic E-state index is 13.2. The van der Waals surface area contributed by atoms with Crippen LogP contribution in [0.2, 0.25) is 0 Å². The molecule has 1 atom stereocenters. The van der Waals surface area contributed by atoms with E-state index in [9.17, 15) is 9.90 Å². The van der Waals surface area contributed by atoms with Crippen LogP contribution in [0.4, 0.5) is 0 Å². The van der Waals surface area contributed by atoms with Crippen molar-refractivity contribution in [1.29, 1.82) is 0 Å². The van der Waals surface area contributed by atoms with Gasteiger partial charge in [0.1, 0.15) is 11.5 Å². The van der Waals surface area contributed by atoms with Crippen molar-refractivity contribution in [3.63, 3.8) is 0 Å². The first kappa shape index (κ1) is 21.2. The molecular weight excluding hydrogens is 394 g/mol. The van der Waals surface area contributed by atoms with E-state index in [1.807, 2.05) is 19.1 Å². The number of phenolic OH excluding ortho intramolecular Hbond substituents is 1. The number of likely N-dealkylation sites (tertiary alicyclic amines) is 1. The molecule has 2 aromatic carbocycles. The van der Waals surface area contributed by atoms with Gasteiger partial charge in [-0.3, -0.25) is 9.69 Å². The Morgan fingerprint density at radius 3 is 2.77 bits per heavy atom. The van der Waals surface area contributed by atoms with E-state index in [1.54, 1.807) is 32.4 Å². The Bertz CT molecular complexity index is 1040. The highest BCUT2D eigenvalue weighted by molar-refractivity contribution is 6.16. The molecule has 0 aliphatic carbocycles. The van der Waals surface area contributed by atoms with E-state index >= 15 is 0 Å². The van der Waals surface area contributed by atoms with E-state index in [2.05, 4.69) is 11.8 Å². The number of benzene rings is 2.